The van der Waals surface area contributed by atoms with Gasteiger partial charge in [-0.1, -0.05) is 12.1 Å². The van der Waals surface area contributed by atoms with Crippen LogP contribution in [-0.4, -0.2) is 29.3 Å². The minimum atomic E-state index is -3.46. The third-order valence-electron chi connectivity index (χ3n) is 1.86. The average molecular weight is 278 g/mol. The van der Waals surface area contributed by atoms with E-state index in [9.17, 15) is 16.8 Å². The zero-order chi connectivity index (χ0) is 13.3. The number of hydrogen-bond acceptors (Lipinski definition) is 4. The lowest BCUT2D eigenvalue weighted by Crippen LogP contribution is -2.15. The highest BCUT2D eigenvalue weighted by molar-refractivity contribution is 7.92. The number of rotatable bonds is 4. The normalized spacial score (nSPS) is 12.2. The molecule has 0 aromatic heterocycles. The van der Waals surface area contributed by atoms with E-state index in [-0.39, 0.29) is 11.4 Å². The fourth-order valence-corrected chi connectivity index (χ4v) is 2.48. The summed E-state index contributed by atoms with van der Waals surface area (Å²) in [6.07, 6.45) is 2.00. The molecule has 0 saturated heterocycles. The van der Waals surface area contributed by atoms with Crippen LogP contribution < -0.4 is 9.44 Å². The molecule has 8 heteroatoms. The molecule has 0 aliphatic carbocycles. The number of para-hydroxylation sites is 1. The molecule has 0 aliphatic heterocycles. The van der Waals surface area contributed by atoms with Crippen LogP contribution in [0, 0.1) is 6.92 Å². The van der Waals surface area contributed by atoms with Crippen LogP contribution in [0.1, 0.15) is 5.56 Å². The topological polar surface area (TPSA) is 92.3 Å². The Morgan fingerprint density at radius 2 is 1.47 bits per heavy atom. The Hall–Kier alpha value is -1.28. The second-order valence-electron chi connectivity index (χ2n) is 3.75. The molecular weight excluding hydrogens is 264 g/mol. The van der Waals surface area contributed by atoms with E-state index in [4.69, 9.17) is 0 Å². The predicted molar refractivity (Wildman–Crippen MR) is 68.1 cm³/mol. The van der Waals surface area contributed by atoms with Gasteiger partial charge in [-0.3, -0.25) is 9.44 Å². The van der Waals surface area contributed by atoms with E-state index in [1.165, 1.54) is 6.07 Å². The maximum Gasteiger partial charge on any atom is 0.229 e. The predicted octanol–water partition coefficient (Wildman–Crippen LogP) is 0.738. The van der Waals surface area contributed by atoms with Crippen molar-refractivity contribution in [1.29, 1.82) is 0 Å². The highest BCUT2D eigenvalue weighted by Crippen LogP contribution is 2.27. The Bertz CT molecular complexity index is 620. The van der Waals surface area contributed by atoms with E-state index in [2.05, 4.69) is 9.44 Å². The number of benzene rings is 1. The van der Waals surface area contributed by atoms with E-state index in [1.54, 1.807) is 19.1 Å². The second kappa shape index (κ2) is 4.53. The SMILES string of the molecule is Cc1cccc(NS(C)(=O)=O)c1NS(C)(=O)=O. The third-order valence-corrected chi connectivity index (χ3v) is 3.02. The lowest BCUT2D eigenvalue weighted by atomic mass is 10.2. The van der Waals surface area contributed by atoms with Gasteiger partial charge in [0.05, 0.1) is 23.9 Å². The summed E-state index contributed by atoms with van der Waals surface area (Å²) >= 11 is 0. The maximum absolute atomic E-state index is 11.2. The zero-order valence-electron chi connectivity index (χ0n) is 9.68. The van der Waals surface area contributed by atoms with Crippen LogP contribution >= 0.6 is 0 Å². The molecule has 1 aromatic carbocycles. The number of sulfonamides is 2. The Labute approximate surface area is 101 Å². The summed E-state index contributed by atoms with van der Waals surface area (Å²) in [6.45, 7) is 1.68. The van der Waals surface area contributed by atoms with E-state index in [0.717, 1.165) is 12.5 Å². The van der Waals surface area contributed by atoms with Crippen molar-refractivity contribution in [3.63, 3.8) is 0 Å². The zero-order valence-corrected chi connectivity index (χ0v) is 11.3. The molecule has 96 valence electrons. The second-order valence-corrected chi connectivity index (χ2v) is 7.24. The van der Waals surface area contributed by atoms with Gasteiger partial charge < -0.3 is 0 Å². The first kappa shape index (κ1) is 13.8. The van der Waals surface area contributed by atoms with Crippen molar-refractivity contribution in [2.24, 2.45) is 0 Å². The summed E-state index contributed by atoms with van der Waals surface area (Å²) in [4.78, 5) is 0. The minimum Gasteiger partial charge on any atom is -0.282 e. The maximum atomic E-state index is 11.2. The molecule has 0 unspecified atom stereocenters. The summed E-state index contributed by atoms with van der Waals surface area (Å²) in [5, 5.41) is 0. The third kappa shape index (κ3) is 4.61. The molecule has 0 bridgehead atoms. The summed E-state index contributed by atoms with van der Waals surface area (Å²) in [7, 11) is -6.92. The fourth-order valence-electron chi connectivity index (χ4n) is 1.27. The van der Waals surface area contributed by atoms with Crippen LogP contribution in [0.15, 0.2) is 18.2 Å². The van der Waals surface area contributed by atoms with Gasteiger partial charge >= 0.3 is 0 Å². The monoisotopic (exact) mass is 278 g/mol. The Morgan fingerprint density at radius 3 is 1.94 bits per heavy atom. The number of anilines is 2. The summed E-state index contributed by atoms with van der Waals surface area (Å²) in [6, 6.07) is 4.80. The van der Waals surface area contributed by atoms with Crippen LogP contribution in [-0.2, 0) is 20.0 Å². The van der Waals surface area contributed by atoms with Crippen molar-refractivity contribution < 1.29 is 16.8 Å². The van der Waals surface area contributed by atoms with Crippen LogP contribution in [0.4, 0.5) is 11.4 Å². The van der Waals surface area contributed by atoms with Gasteiger partial charge in [0.25, 0.3) is 0 Å². The van der Waals surface area contributed by atoms with Crippen molar-refractivity contribution in [1.82, 2.24) is 0 Å². The van der Waals surface area contributed by atoms with Crippen LogP contribution in [0.2, 0.25) is 0 Å². The molecule has 2 N–H and O–H groups in total. The molecule has 1 aromatic rings. The molecule has 1 rings (SSSR count). The van der Waals surface area contributed by atoms with Crippen LogP contribution in [0.25, 0.3) is 0 Å². The van der Waals surface area contributed by atoms with Gasteiger partial charge in [0.2, 0.25) is 20.0 Å². The van der Waals surface area contributed by atoms with Crippen LogP contribution in [0.5, 0.6) is 0 Å². The standard InChI is InChI=1S/C9H14N2O4S2/c1-7-5-4-6-8(10-16(2,12)13)9(7)11-17(3,14)15/h4-6,10-11H,1-3H3. The van der Waals surface area contributed by atoms with E-state index < -0.39 is 20.0 Å². The first-order valence-electron chi connectivity index (χ1n) is 4.64. The molecule has 0 aliphatic rings. The van der Waals surface area contributed by atoms with Crippen molar-refractivity contribution in [3.05, 3.63) is 23.8 Å². The summed E-state index contributed by atoms with van der Waals surface area (Å²) < 4.78 is 49.2. The minimum absolute atomic E-state index is 0.206. The van der Waals surface area contributed by atoms with Gasteiger partial charge in [-0.2, -0.15) is 0 Å². The highest BCUT2D eigenvalue weighted by Gasteiger charge is 2.12. The molecule has 0 spiro atoms. The smallest absolute Gasteiger partial charge is 0.229 e. The van der Waals surface area contributed by atoms with Gasteiger partial charge in [0, 0.05) is 0 Å². The van der Waals surface area contributed by atoms with Gasteiger partial charge in [0.1, 0.15) is 0 Å². The van der Waals surface area contributed by atoms with Crippen molar-refractivity contribution in [2.45, 2.75) is 6.92 Å². The molecule has 17 heavy (non-hydrogen) atoms. The first-order chi connectivity index (χ1) is 7.58. The number of hydrogen-bond donors (Lipinski definition) is 2. The van der Waals surface area contributed by atoms with E-state index >= 15 is 0 Å². The molecule has 6 nitrogen and oxygen atoms in total. The van der Waals surface area contributed by atoms with Crippen molar-refractivity contribution >= 4 is 31.4 Å². The van der Waals surface area contributed by atoms with Gasteiger partial charge in [-0.05, 0) is 18.6 Å². The van der Waals surface area contributed by atoms with Gasteiger partial charge in [0.15, 0.2) is 0 Å². The molecule has 0 atom stereocenters. The average Bonchev–Trinajstić information content (AvgIpc) is 2.07. The molecule has 0 saturated carbocycles. The Kier molecular flexibility index (Phi) is 3.68. The molecule has 0 radical (unpaired) electrons. The fraction of sp³-hybridized carbons (Fsp3) is 0.333. The first-order valence-corrected chi connectivity index (χ1v) is 8.42. The highest BCUT2D eigenvalue weighted by atomic mass is 32.2. The van der Waals surface area contributed by atoms with Gasteiger partial charge in [-0.25, -0.2) is 16.8 Å². The molecule has 0 fully saturated rings. The van der Waals surface area contributed by atoms with Crippen LogP contribution in [0.3, 0.4) is 0 Å². The largest absolute Gasteiger partial charge is 0.282 e. The molecular formula is C9H14N2O4S2. The molecule has 0 amide bonds. The van der Waals surface area contributed by atoms with Gasteiger partial charge in [-0.15, -0.1) is 0 Å². The lowest BCUT2D eigenvalue weighted by Gasteiger charge is -2.13. The number of aryl methyl sites for hydroxylation is 1. The molecule has 0 heterocycles. The van der Waals surface area contributed by atoms with E-state index in [1.807, 2.05) is 0 Å². The lowest BCUT2D eigenvalue weighted by molar-refractivity contribution is 0.604. The Morgan fingerprint density at radius 1 is 0.941 bits per heavy atom. The summed E-state index contributed by atoms with van der Waals surface area (Å²) in [5.41, 5.74) is 1.07. The van der Waals surface area contributed by atoms with E-state index in [0.29, 0.717) is 5.56 Å². The summed E-state index contributed by atoms with van der Waals surface area (Å²) in [5.74, 6) is 0. The number of nitrogens with one attached hydrogen (secondary N) is 2. The van der Waals surface area contributed by atoms with Crippen molar-refractivity contribution in [3.8, 4) is 0 Å². The Balaban J connectivity index is 3.27. The quantitative estimate of drug-likeness (QED) is 0.849. The van der Waals surface area contributed by atoms with Crippen molar-refractivity contribution in [2.75, 3.05) is 22.0 Å².